The normalized spacial score (nSPS) is 18.7. The van der Waals surface area contributed by atoms with Gasteiger partial charge < -0.3 is 57.9 Å². The van der Waals surface area contributed by atoms with Crippen molar-refractivity contribution in [1.82, 2.24) is 31.1 Å². The number of carbonyl (C=O) groups is 6. The van der Waals surface area contributed by atoms with E-state index in [-0.39, 0.29) is 68.3 Å². The molecule has 0 saturated carbocycles. The number of aliphatic hydroxyl groups excluding tert-OH is 2. The Hall–Kier alpha value is -8.50. The molecule has 23 nitrogen and oxygen atoms in total. The summed E-state index contributed by atoms with van der Waals surface area (Å²) in [7, 11) is 0. The van der Waals surface area contributed by atoms with Crippen molar-refractivity contribution in [2.45, 2.75) is 177 Å². The summed E-state index contributed by atoms with van der Waals surface area (Å²) in [5.41, 5.74) is 12.3. The molecule has 4 aromatic rings. The zero-order valence-corrected chi connectivity index (χ0v) is 49.4. The van der Waals surface area contributed by atoms with Crippen LogP contribution in [0.1, 0.15) is 115 Å². The van der Waals surface area contributed by atoms with Crippen molar-refractivity contribution < 1.29 is 53.9 Å². The number of aliphatic hydroxyl groups is 2. The van der Waals surface area contributed by atoms with Crippen LogP contribution in [0.25, 0.3) is 0 Å². The molecule has 458 valence electrons. The minimum absolute atomic E-state index is 0. The van der Waals surface area contributed by atoms with Crippen LogP contribution in [-0.2, 0) is 54.7 Å². The number of rotatable bonds is 24. The lowest BCUT2D eigenvalue weighted by molar-refractivity contribution is -0.135. The Morgan fingerprint density at radius 3 is 1.11 bits per heavy atom. The minimum atomic E-state index is -1.21. The summed E-state index contributed by atoms with van der Waals surface area (Å²) in [6.07, 6.45) is -1.54. The van der Waals surface area contributed by atoms with Crippen molar-refractivity contribution in [2.24, 2.45) is 11.5 Å². The van der Waals surface area contributed by atoms with Gasteiger partial charge in [-0.25, -0.2) is 9.59 Å². The van der Waals surface area contributed by atoms with Crippen molar-refractivity contribution in [3.8, 4) is 12.1 Å². The molecule has 2 aliphatic rings. The number of nitriles is 2. The zero-order valence-electron chi connectivity index (χ0n) is 49.4. The van der Waals surface area contributed by atoms with E-state index in [2.05, 4.69) is 21.3 Å². The molecule has 2 heterocycles. The summed E-state index contributed by atoms with van der Waals surface area (Å²) >= 11 is 0. The first-order chi connectivity index (χ1) is 39.9. The highest BCUT2D eigenvalue weighted by Gasteiger charge is 2.53. The molecule has 0 spiro atoms. The number of benzene rings is 4. The van der Waals surface area contributed by atoms with Crippen LogP contribution >= 0.6 is 0 Å². The number of ether oxygens (including phenoxy) is 2. The monoisotopic (exact) mass is 1170 g/mol. The maximum absolute atomic E-state index is 13.4. The summed E-state index contributed by atoms with van der Waals surface area (Å²) in [5.74, 6) is -2.32. The van der Waals surface area contributed by atoms with Gasteiger partial charge in [-0.05, 0) is 115 Å². The second-order valence-electron chi connectivity index (χ2n) is 23.0. The van der Waals surface area contributed by atoms with Gasteiger partial charge in [-0.15, -0.1) is 0 Å². The first kappa shape index (κ1) is 70.8. The van der Waals surface area contributed by atoms with E-state index < -0.39 is 83.3 Å². The van der Waals surface area contributed by atoms with E-state index in [0.29, 0.717) is 25.9 Å². The van der Waals surface area contributed by atoms with Gasteiger partial charge in [0.15, 0.2) is 0 Å². The van der Waals surface area contributed by atoms with Gasteiger partial charge >= 0.3 is 12.2 Å². The third-order valence-corrected chi connectivity index (χ3v) is 15.0. The lowest BCUT2D eigenvalue weighted by Gasteiger charge is -2.46. The first-order valence-corrected chi connectivity index (χ1v) is 28.0. The molecule has 2 fully saturated rings. The third-order valence-electron chi connectivity index (χ3n) is 15.0. The van der Waals surface area contributed by atoms with Crippen molar-refractivity contribution >= 4 is 35.8 Å². The van der Waals surface area contributed by atoms with Gasteiger partial charge in [0.1, 0.15) is 36.4 Å². The maximum atomic E-state index is 13.4. The fraction of sp³-hybridized carbons (Fsp3) is 0.484. The number of nitrogens with one attached hydrogen (secondary N) is 4. The van der Waals surface area contributed by atoms with Gasteiger partial charge in [0.05, 0.1) is 49.3 Å². The van der Waals surface area contributed by atoms with E-state index in [1.807, 2.05) is 161 Å². The maximum Gasteiger partial charge on any atom is 0.408 e. The van der Waals surface area contributed by atoms with Crippen LogP contribution in [0.4, 0.5) is 9.59 Å². The molecule has 6 amide bonds. The van der Waals surface area contributed by atoms with E-state index >= 15 is 0 Å². The number of hydrogen-bond acceptors (Lipinski definition) is 16. The number of likely N-dealkylation sites (tertiary alicyclic amines) is 2. The average Bonchev–Trinajstić information content (AvgIpc) is 4.10. The Kier molecular flexibility index (Phi) is 28.1. The number of hydrogen-bond donors (Lipinski definition) is 8. The molecule has 0 bridgehead atoms. The quantitative estimate of drug-likeness (QED) is 0.0437. The topological polar surface area (TPSA) is 395 Å². The van der Waals surface area contributed by atoms with Crippen LogP contribution in [0.15, 0.2) is 121 Å². The molecule has 0 unspecified atom stereocenters. The highest BCUT2D eigenvalue weighted by Crippen LogP contribution is 2.41. The average molecular weight is 1170 g/mol. The predicted molar refractivity (Wildman–Crippen MR) is 315 cm³/mol. The molecular weight excluding hydrogens is 1090 g/mol. The van der Waals surface area contributed by atoms with Crippen molar-refractivity contribution in [1.29, 1.82) is 21.3 Å². The van der Waals surface area contributed by atoms with Crippen LogP contribution < -0.4 is 32.7 Å². The van der Waals surface area contributed by atoms with E-state index in [0.717, 1.165) is 35.1 Å². The molecule has 8 atom stereocenters. The Balaban J connectivity index is 0.000000428. The predicted octanol–water partition coefficient (Wildman–Crippen LogP) is 4.79. The first-order valence-electron chi connectivity index (χ1n) is 28.0. The largest absolute Gasteiger partial charge is 0.445 e. The molecule has 85 heavy (non-hydrogen) atoms. The number of nitrogens with zero attached hydrogens (tertiary/aromatic N) is 6. The summed E-state index contributed by atoms with van der Waals surface area (Å²) in [4.78, 5) is 81.5. The number of amides is 6. The molecule has 6 rings (SSSR count). The molecule has 4 aromatic carbocycles. The van der Waals surface area contributed by atoms with Crippen molar-refractivity contribution in [3.63, 3.8) is 0 Å². The lowest BCUT2D eigenvalue weighted by Crippen LogP contribution is -2.63. The Morgan fingerprint density at radius 1 is 0.541 bits per heavy atom. The zero-order chi connectivity index (χ0) is 62.1. The summed E-state index contributed by atoms with van der Waals surface area (Å²) < 4.78 is 10.5. The van der Waals surface area contributed by atoms with Crippen LogP contribution in [0.2, 0.25) is 0 Å². The molecule has 0 radical (unpaired) electrons. The molecule has 2 saturated heterocycles. The van der Waals surface area contributed by atoms with Crippen molar-refractivity contribution in [3.05, 3.63) is 144 Å². The standard InChI is InChI=1S/2C31H41N5O5.N2.H2O/c2*1-30(2,3)36-18-10-16-31(36,28(33)39)20-26(37)25(19-22-11-6-4-7-12-22)34-27(38)24(15-17-32)35-29(40)41-21-23-13-8-5-9-14-23;1-2;/h2*4-9,11-14,24-26,37H,10,15-16,18-21H2,1-3H3,(H2,33,39)(H,34,38)(H,35,40);;1H2/t2*24-,25-,26+,31+;;/m00../s1. The summed E-state index contributed by atoms with van der Waals surface area (Å²) in [5, 5.41) is 64.4. The van der Waals surface area contributed by atoms with Gasteiger partial charge in [0.25, 0.3) is 0 Å². The van der Waals surface area contributed by atoms with Crippen molar-refractivity contribution in [2.75, 3.05) is 13.1 Å². The van der Waals surface area contributed by atoms with E-state index in [4.69, 9.17) is 31.7 Å². The third kappa shape index (κ3) is 21.0. The van der Waals surface area contributed by atoms with Crippen LogP contribution in [0, 0.1) is 33.4 Å². The molecule has 2 aliphatic heterocycles. The molecular formula is C62H84N12O11. The molecule has 23 heteroatoms. The summed E-state index contributed by atoms with van der Waals surface area (Å²) in [6.45, 7) is 13.3. The molecule has 12 N–H and O–H groups in total. The number of carbonyl (C=O) groups excluding carboxylic acids is 6. The van der Waals surface area contributed by atoms with Gasteiger partial charge in [-0.3, -0.25) is 29.0 Å². The Bertz CT molecular complexity index is 2670. The smallest absolute Gasteiger partial charge is 0.408 e. The second-order valence-corrected chi connectivity index (χ2v) is 23.0. The molecule has 0 aliphatic carbocycles. The fourth-order valence-electron chi connectivity index (χ4n) is 11.1. The highest BCUT2D eigenvalue weighted by molar-refractivity contribution is 5.88. The van der Waals surface area contributed by atoms with Gasteiger partial charge in [0.2, 0.25) is 23.6 Å². The van der Waals surface area contributed by atoms with Gasteiger partial charge in [0, 0.05) is 34.7 Å². The SMILES string of the molecule is CC(C)(C)N1CCC[C@@]1(C[C@@H](O)[C@H](Cc1ccccc1)NC(=O)[C@H](CC#N)NC(=O)OCc1ccccc1)C(N)=O.CC(C)(C)N1CCC[C@@]1(C[C@@H](O)[C@H](Cc1ccccc1)NC(=O)[C@H](CC#N)NC(=O)OCc1ccccc1)C(N)=O.N#N.O. The highest BCUT2D eigenvalue weighted by atomic mass is 16.6. The van der Waals surface area contributed by atoms with E-state index in [1.165, 1.54) is 0 Å². The minimum Gasteiger partial charge on any atom is -0.445 e. The number of alkyl carbamates (subject to hydrolysis) is 2. The molecule has 0 aromatic heterocycles. The van der Waals surface area contributed by atoms with Crippen LogP contribution in [-0.4, -0.2) is 133 Å². The summed E-state index contributed by atoms with van der Waals surface area (Å²) in [6, 6.07) is 36.5. The Labute approximate surface area is 498 Å². The number of nitrogens with two attached hydrogens (primary N) is 2. The van der Waals surface area contributed by atoms with Crippen LogP contribution in [0.5, 0.6) is 0 Å². The van der Waals surface area contributed by atoms with Gasteiger partial charge in [-0.1, -0.05) is 121 Å². The Morgan fingerprint density at radius 2 is 0.835 bits per heavy atom. The van der Waals surface area contributed by atoms with E-state index in [9.17, 15) is 49.5 Å². The lowest BCUT2D eigenvalue weighted by atomic mass is 9.82. The van der Waals surface area contributed by atoms with Crippen LogP contribution in [0.3, 0.4) is 0 Å². The second kappa shape index (κ2) is 33.7. The van der Waals surface area contributed by atoms with E-state index in [1.54, 1.807) is 24.3 Å². The van der Waals surface area contributed by atoms with Gasteiger partial charge in [-0.2, -0.15) is 10.5 Å². The number of primary amides is 2. The fourth-order valence-corrected chi connectivity index (χ4v) is 11.1.